The van der Waals surface area contributed by atoms with Gasteiger partial charge in [0.2, 0.25) is 0 Å². The van der Waals surface area contributed by atoms with Crippen LogP contribution in [-0.4, -0.2) is 27.4 Å². The van der Waals surface area contributed by atoms with Crippen LogP contribution in [-0.2, 0) is 12.1 Å². The predicted molar refractivity (Wildman–Crippen MR) is 361 cm³/mol. The first-order valence-electron chi connectivity index (χ1n) is 30.0. The molecule has 3 aromatic heterocycles. The first-order valence-corrected chi connectivity index (χ1v) is 33.7. The molecule has 6 heteroatoms. The number of pyridine rings is 1. The van der Waals surface area contributed by atoms with Gasteiger partial charge in [-0.3, -0.25) is 4.57 Å². The van der Waals surface area contributed by atoms with Crippen molar-refractivity contribution in [2.75, 3.05) is 4.90 Å². The van der Waals surface area contributed by atoms with E-state index in [0.717, 1.165) is 55.8 Å². The summed E-state index contributed by atoms with van der Waals surface area (Å²) in [4.78, 5) is 7.34. The Hall–Kier alpha value is -9.69. The van der Waals surface area contributed by atoms with Crippen molar-refractivity contribution >= 4 is 107 Å². The number of hydrogen-bond donors (Lipinski definition) is 0. The Kier molecular flexibility index (Phi) is 12.5. The zero-order chi connectivity index (χ0) is 58.3. The standard InChI is InChI=1S/C79H64GeN4O/c1-53(2)54-44-45-81-76(48-54)84-73-40-20-19-36-69(73)70-43-42-63(51-75(70)84)85-62-31-21-30-61(50-62)82-52-83-77-64(37-22-38-71(77)67-34-17-15-32-65(67)66-33-16-18-35-68(66)72-39-23-41-74(82)78(72)83)55-46-56(79(3,4)5)49-60(47-55)80(57-24-9-6-10-25-57,58-26-11-7-12-27-58)59-28-13-8-14-29-59/h6-51,53H,52H2,1-5H3/i53D. The Morgan fingerprint density at radius 3 is 1.64 bits per heavy atom. The van der Waals surface area contributed by atoms with E-state index in [1.807, 2.05) is 32.2 Å². The number of rotatable bonds is 10. The van der Waals surface area contributed by atoms with Crippen molar-refractivity contribution in [1.29, 1.82) is 0 Å². The molecule has 0 atom stereocenters. The minimum absolute atomic E-state index is 0.178. The Morgan fingerprint density at radius 2 is 1.00 bits per heavy atom. The molecule has 1 aliphatic heterocycles. The van der Waals surface area contributed by atoms with Crippen LogP contribution in [0.5, 0.6) is 11.5 Å². The third kappa shape index (κ3) is 8.79. The van der Waals surface area contributed by atoms with Gasteiger partial charge >= 0.3 is 373 Å². The number of fused-ring (bicyclic) bond motifs is 10. The van der Waals surface area contributed by atoms with Crippen LogP contribution in [0.3, 0.4) is 0 Å². The van der Waals surface area contributed by atoms with Gasteiger partial charge < -0.3 is 0 Å². The van der Waals surface area contributed by atoms with Gasteiger partial charge in [-0.05, 0) is 41.8 Å². The largest absolute Gasteiger partial charge is 0.0592 e. The monoisotopic (exact) mass is 1160 g/mol. The van der Waals surface area contributed by atoms with Crippen LogP contribution in [0.4, 0.5) is 11.4 Å². The number of benzene rings is 11. The Labute approximate surface area is 500 Å². The molecule has 0 unspecified atom stereocenters. The summed E-state index contributed by atoms with van der Waals surface area (Å²) < 4.78 is 26.2. The molecule has 0 fully saturated rings. The summed E-state index contributed by atoms with van der Waals surface area (Å²) >= 11 is -3.80. The minimum Gasteiger partial charge on any atom is -0.0152 e. The molecule has 0 radical (unpaired) electrons. The van der Waals surface area contributed by atoms with Gasteiger partial charge in [0.1, 0.15) is 11.6 Å². The molecule has 5 nitrogen and oxygen atoms in total. The fraction of sp³-hybridized carbons (Fsp3) is 0.101. The van der Waals surface area contributed by atoms with Crippen molar-refractivity contribution in [3.05, 3.63) is 290 Å². The van der Waals surface area contributed by atoms with Crippen LogP contribution in [0.25, 0.3) is 82.1 Å². The number of anilines is 2. The predicted octanol–water partition coefficient (Wildman–Crippen LogP) is 18.1. The number of para-hydroxylation sites is 3. The van der Waals surface area contributed by atoms with Crippen molar-refractivity contribution in [2.24, 2.45) is 0 Å². The third-order valence-corrected chi connectivity index (χ3v) is 27.6. The molecule has 0 amide bonds. The fourth-order valence-electron chi connectivity index (χ4n) is 13.6. The summed E-state index contributed by atoms with van der Waals surface area (Å²) in [6.45, 7) is 11.5. The molecular weight excluding hydrogens is 1090 g/mol. The second-order valence-electron chi connectivity index (χ2n) is 23.9. The Morgan fingerprint density at radius 1 is 0.459 bits per heavy atom. The minimum atomic E-state index is -3.80. The molecule has 410 valence electrons. The Balaban J connectivity index is 0.953. The van der Waals surface area contributed by atoms with Crippen LogP contribution in [0, 0.1) is 0 Å². The SMILES string of the molecule is [2H]C(C)(C)c1ccnc(-n2c3ccccc3c3ccc(Oc4cccc(N5Cn6c7c(-c8cc(C(C)(C)C)c[c]([Ge]([c]9ccccc9)([c]9ccccc9)[c]9ccccc9)c8)cccc7c7ccccc7c7ccccc7c7cccc5c76)c4)cc32)c1. The average molecular weight is 1160 g/mol. The zero-order valence-electron chi connectivity index (χ0n) is 49.5. The number of hydrogen-bond acceptors (Lipinski definition) is 3. The summed E-state index contributed by atoms with van der Waals surface area (Å²) in [5, 5.41) is 9.38. The van der Waals surface area contributed by atoms with Gasteiger partial charge in [-0.15, -0.1) is 0 Å². The molecule has 0 aliphatic carbocycles. The van der Waals surface area contributed by atoms with E-state index in [-0.39, 0.29) is 5.41 Å². The Bertz CT molecular complexity index is 4940. The molecule has 4 heterocycles. The second-order valence-corrected chi connectivity index (χ2v) is 31.9. The van der Waals surface area contributed by atoms with Crippen LogP contribution in [0.15, 0.2) is 279 Å². The van der Waals surface area contributed by atoms with Crippen molar-refractivity contribution in [2.45, 2.75) is 52.6 Å². The molecule has 11 aromatic carbocycles. The van der Waals surface area contributed by atoms with Crippen molar-refractivity contribution in [3.63, 3.8) is 0 Å². The first-order chi connectivity index (χ1) is 41.9. The quantitative estimate of drug-likeness (QED) is 0.128. The van der Waals surface area contributed by atoms with Crippen LogP contribution in [0.2, 0.25) is 0 Å². The van der Waals surface area contributed by atoms with E-state index in [1.54, 1.807) is 0 Å². The molecule has 0 spiro atoms. The van der Waals surface area contributed by atoms with Crippen molar-refractivity contribution < 1.29 is 6.11 Å². The van der Waals surface area contributed by atoms with Gasteiger partial charge in [0.15, 0.2) is 0 Å². The fourth-order valence-corrected chi connectivity index (χ4v) is 23.7. The van der Waals surface area contributed by atoms with Crippen LogP contribution in [0.1, 0.15) is 53.0 Å². The molecule has 85 heavy (non-hydrogen) atoms. The molecule has 0 saturated carbocycles. The molecule has 0 saturated heterocycles. The van der Waals surface area contributed by atoms with Gasteiger partial charge in [-0.2, -0.15) is 0 Å². The maximum absolute atomic E-state index is 8.86. The summed E-state index contributed by atoms with van der Waals surface area (Å²) in [6.07, 6.45) is 1.81. The smallest absolute Gasteiger partial charge is 0.0152 e. The van der Waals surface area contributed by atoms with Crippen molar-refractivity contribution in [1.82, 2.24) is 14.1 Å². The van der Waals surface area contributed by atoms with E-state index >= 15 is 0 Å². The van der Waals surface area contributed by atoms with E-state index in [4.69, 9.17) is 11.1 Å². The first kappa shape index (κ1) is 51.0. The van der Waals surface area contributed by atoms with Crippen LogP contribution >= 0.6 is 0 Å². The van der Waals surface area contributed by atoms with Gasteiger partial charge in [0, 0.05) is 24.4 Å². The van der Waals surface area contributed by atoms with E-state index in [0.29, 0.717) is 12.4 Å². The maximum Gasteiger partial charge on any atom is 0.0592 e. The third-order valence-electron chi connectivity index (χ3n) is 17.6. The summed E-state index contributed by atoms with van der Waals surface area (Å²) in [7, 11) is 0. The number of nitrogens with zero attached hydrogens (tertiary/aromatic N) is 4. The molecule has 0 bridgehead atoms. The van der Waals surface area contributed by atoms with Gasteiger partial charge in [0.05, 0.1) is 11.0 Å². The molecule has 14 aromatic rings. The maximum atomic E-state index is 8.86. The number of aromatic nitrogens is 3. The van der Waals surface area contributed by atoms with Crippen molar-refractivity contribution in [3.8, 4) is 28.4 Å². The van der Waals surface area contributed by atoms with E-state index in [1.165, 1.54) is 72.1 Å². The normalized spacial score (nSPS) is 12.9. The van der Waals surface area contributed by atoms with E-state index < -0.39 is 19.2 Å². The topological polar surface area (TPSA) is 35.2 Å². The van der Waals surface area contributed by atoms with Crippen LogP contribution < -0.4 is 27.2 Å². The number of ether oxygens (including phenoxy) is 1. The van der Waals surface area contributed by atoms with E-state index in [2.05, 4.69) is 296 Å². The van der Waals surface area contributed by atoms with Gasteiger partial charge in [0.25, 0.3) is 0 Å². The van der Waals surface area contributed by atoms with Gasteiger partial charge in [-0.1, -0.05) is 32.0 Å². The second kappa shape index (κ2) is 20.9. The van der Waals surface area contributed by atoms with E-state index in [9.17, 15) is 0 Å². The zero-order valence-corrected chi connectivity index (χ0v) is 50.6. The average Bonchev–Trinajstić information content (AvgIpc) is 1.58. The summed E-state index contributed by atoms with van der Waals surface area (Å²) in [5.74, 6) is 1.43. The molecule has 1 aliphatic rings. The molecule has 15 rings (SSSR count). The summed E-state index contributed by atoms with van der Waals surface area (Å²) in [6, 6.07) is 101. The molecular formula is C79H64GeN4O. The molecule has 0 N–H and O–H groups in total. The van der Waals surface area contributed by atoms with Gasteiger partial charge in [-0.25, -0.2) is 4.98 Å². The summed E-state index contributed by atoms with van der Waals surface area (Å²) in [5.41, 5.74) is 10.9.